The van der Waals surface area contributed by atoms with Crippen molar-refractivity contribution in [2.75, 3.05) is 0 Å². The van der Waals surface area contributed by atoms with E-state index in [1.54, 1.807) is 0 Å². The first-order valence-electron chi connectivity index (χ1n) is 11.5. The number of fused-ring (bicyclic) bond motifs is 5. The summed E-state index contributed by atoms with van der Waals surface area (Å²) in [6.07, 6.45) is 7.42. The molecule has 0 unspecified atom stereocenters. The molecule has 0 spiro atoms. The summed E-state index contributed by atoms with van der Waals surface area (Å²) in [7, 11) is 0. The van der Waals surface area contributed by atoms with E-state index >= 15 is 0 Å². The fraction of sp³-hybridized carbons (Fsp3) is 0.250. The minimum atomic E-state index is -0.0961. The lowest BCUT2D eigenvalue weighted by molar-refractivity contribution is -0.132. The molecule has 0 saturated carbocycles. The number of hydrogen-bond donors (Lipinski definition) is 0. The molecule has 1 aliphatic carbocycles. The van der Waals surface area contributed by atoms with Crippen LogP contribution >= 0.6 is 11.3 Å². The summed E-state index contributed by atoms with van der Waals surface area (Å²) in [6.45, 7) is 0.675. The molecule has 2 aliphatic rings. The molecule has 1 aliphatic heterocycles. The van der Waals surface area contributed by atoms with Crippen molar-refractivity contribution >= 4 is 17.2 Å². The smallest absolute Gasteiger partial charge is 0.228 e. The van der Waals surface area contributed by atoms with Gasteiger partial charge in [0.05, 0.1) is 18.2 Å². The number of hydrogen-bond acceptors (Lipinski definition) is 2. The number of carbonyl (C=O) groups is 1. The number of amides is 1. The van der Waals surface area contributed by atoms with E-state index in [4.69, 9.17) is 0 Å². The maximum absolute atomic E-state index is 13.9. The van der Waals surface area contributed by atoms with Crippen LogP contribution in [-0.2, 0) is 30.6 Å². The Bertz CT molecular complexity index is 1260. The van der Waals surface area contributed by atoms with Gasteiger partial charge in [-0.3, -0.25) is 4.79 Å². The van der Waals surface area contributed by atoms with Crippen molar-refractivity contribution < 1.29 is 4.79 Å². The maximum Gasteiger partial charge on any atom is 0.228 e. The van der Waals surface area contributed by atoms with Crippen molar-refractivity contribution in [1.29, 1.82) is 0 Å². The fourth-order valence-electron chi connectivity index (χ4n) is 5.29. The Morgan fingerprint density at radius 2 is 1.62 bits per heavy atom. The Balaban J connectivity index is 1.51. The standard InChI is InChI=1S/C28H26N2OS/c31-26(18-20-10-3-1-4-11-20)30-19-23-22-14-7-8-16-25(22)32-28(23)29-17-9-15-24(29)27(30)21-12-5-2-6-13-21/h1-6,9-13,15,17,27H,7-8,14,16,18-19H2/t27-/m0/s1. The molecule has 160 valence electrons. The predicted molar refractivity (Wildman–Crippen MR) is 129 cm³/mol. The summed E-state index contributed by atoms with van der Waals surface area (Å²) in [5, 5.41) is 1.31. The summed E-state index contributed by atoms with van der Waals surface area (Å²) < 4.78 is 2.35. The molecular formula is C28H26N2OS. The van der Waals surface area contributed by atoms with E-state index in [9.17, 15) is 4.79 Å². The van der Waals surface area contributed by atoms with Gasteiger partial charge in [-0.1, -0.05) is 60.7 Å². The minimum Gasteiger partial charge on any atom is -0.325 e. The molecule has 0 radical (unpaired) electrons. The van der Waals surface area contributed by atoms with Crippen molar-refractivity contribution in [3.63, 3.8) is 0 Å². The molecule has 6 rings (SSSR count). The third-order valence-electron chi connectivity index (χ3n) is 6.81. The number of nitrogens with zero attached hydrogens (tertiary/aromatic N) is 2. The van der Waals surface area contributed by atoms with E-state index < -0.39 is 0 Å². The van der Waals surface area contributed by atoms with Crippen molar-refractivity contribution in [2.45, 2.75) is 44.7 Å². The Morgan fingerprint density at radius 1 is 0.875 bits per heavy atom. The normalized spacial score (nSPS) is 17.2. The topological polar surface area (TPSA) is 25.2 Å². The molecule has 3 nitrogen and oxygen atoms in total. The third kappa shape index (κ3) is 3.30. The second kappa shape index (κ2) is 8.10. The van der Waals surface area contributed by atoms with Crippen LogP contribution in [0.5, 0.6) is 0 Å². The number of carbonyl (C=O) groups excluding carboxylic acids is 1. The molecule has 1 atom stereocenters. The molecule has 0 N–H and O–H groups in total. The zero-order chi connectivity index (χ0) is 21.5. The second-order valence-electron chi connectivity index (χ2n) is 8.79. The summed E-state index contributed by atoms with van der Waals surface area (Å²) >= 11 is 1.94. The number of benzene rings is 2. The number of aryl methyl sites for hydroxylation is 1. The van der Waals surface area contributed by atoms with Crippen LogP contribution in [-0.4, -0.2) is 15.4 Å². The highest BCUT2D eigenvalue weighted by atomic mass is 32.1. The molecule has 32 heavy (non-hydrogen) atoms. The van der Waals surface area contributed by atoms with Gasteiger partial charge in [0, 0.05) is 23.2 Å². The van der Waals surface area contributed by atoms with Gasteiger partial charge in [0.1, 0.15) is 5.00 Å². The van der Waals surface area contributed by atoms with Gasteiger partial charge in [0.25, 0.3) is 0 Å². The highest BCUT2D eigenvalue weighted by Gasteiger charge is 2.35. The predicted octanol–water partition coefficient (Wildman–Crippen LogP) is 6.09. The number of aromatic nitrogens is 1. The Kier molecular flexibility index (Phi) is 4.95. The summed E-state index contributed by atoms with van der Waals surface area (Å²) in [6, 6.07) is 24.8. The van der Waals surface area contributed by atoms with Crippen LogP contribution in [0, 0.1) is 0 Å². The highest BCUT2D eigenvalue weighted by molar-refractivity contribution is 7.15. The summed E-state index contributed by atoms with van der Waals surface area (Å²) in [5.74, 6) is 0.182. The lowest BCUT2D eigenvalue weighted by Crippen LogP contribution is -2.36. The van der Waals surface area contributed by atoms with E-state index in [0.717, 1.165) is 17.5 Å². The van der Waals surface area contributed by atoms with Gasteiger partial charge < -0.3 is 9.47 Å². The van der Waals surface area contributed by atoms with Gasteiger partial charge in [-0.15, -0.1) is 11.3 Å². The van der Waals surface area contributed by atoms with Crippen molar-refractivity contribution in [3.8, 4) is 5.00 Å². The zero-order valence-corrected chi connectivity index (χ0v) is 18.9. The van der Waals surface area contributed by atoms with Gasteiger partial charge >= 0.3 is 0 Å². The van der Waals surface area contributed by atoms with Crippen molar-refractivity contribution in [1.82, 2.24) is 9.47 Å². The van der Waals surface area contributed by atoms with Gasteiger partial charge in [0.2, 0.25) is 5.91 Å². The molecule has 1 amide bonds. The first-order valence-corrected chi connectivity index (χ1v) is 12.3. The van der Waals surface area contributed by atoms with Crippen LogP contribution in [0.3, 0.4) is 0 Å². The number of rotatable bonds is 3. The van der Waals surface area contributed by atoms with Gasteiger partial charge in [-0.05, 0) is 54.5 Å². The molecule has 0 bridgehead atoms. The highest BCUT2D eigenvalue weighted by Crippen LogP contribution is 2.44. The minimum absolute atomic E-state index is 0.0961. The summed E-state index contributed by atoms with van der Waals surface area (Å²) in [5.41, 5.74) is 6.27. The molecule has 0 fully saturated rings. The first kappa shape index (κ1) is 19.6. The van der Waals surface area contributed by atoms with Crippen LogP contribution in [0.2, 0.25) is 0 Å². The maximum atomic E-state index is 13.9. The lowest BCUT2D eigenvalue weighted by atomic mass is 9.94. The van der Waals surface area contributed by atoms with E-state index in [1.165, 1.54) is 46.0 Å². The quantitative estimate of drug-likeness (QED) is 0.380. The fourth-order valence-corrected chi connectivity index (χ4v) is 6.69. The monoisotopic (exact) mass is 438 g/mol. The Morgan fingerprint density at radius 3 is 2.44 bits per heavy atom. The van der Waals surface area contributed by atoms with E-state index in [1.807, 2.05) is 47.7 Å². The van der Waals surface area contributed by atoms with Crippen LogP contribution in [0.15, 0.2) is 79.0 Å². The Labute approximate surface area is 192 Å². The van der Waals surface area contributed by atoms with Gasteiger partial charge in [-0.25, -0.2) is 0 Å². The third-order valence-corrected chi connectivity index (χ3v) is 8.15. The molecular weight excluding hydrogens is 412 g/mol. The molecule has 4 aromatic rings. The largest absolute Gasteiger partial charge is 0.325 e. The Hall–Kier alpha value is -3.11. The van der Waals surface area contributed by atoms with Crippen molar-refractivity contribution in [2.24, 2.45) is 0 Å². The van der Waals surface area contributed by atoms with Crippen molar-refractivity contribution in [3.05, 3.63) is 112 Å². The SMILES string of the molecule is O=C(Cc1ccccc1)N1Cc2c(sc3c2CCCC3)-n2cccc2[C@@H]1c1ccccc1. The molecule has 2 aromatic carbocycles. The summed E-state index contributed by atoms with van der Waals surface area (Å²) in [4.78, 5) is 17.5. The second-order valence-corrected chi connectivity index (χ2v) is 9.88. The average Bonchev–Trinajstić information content (AvgIpc) is 3.42. The van der Waals surface area contributed by atoms with Gasteiger partial charge in [0.15, 0.2) is 0 Å². The van der Waals surface area contributed by atoms with Crippen LogP contribution in [0.1, 0.15) is 51.7 Å². The average molecular weight is 439 g/mol. The van der Waals surface area contributed by atoms with Crippen LogP contribution < -0.4 is 0 Å². The van der Waals surface area contributed by atoms with E-state index in [0.29, 0.717) is 13.0 Å². The first-order chi connectivity index (χ1) is 15.8. The van der Waals surface area contributed by atoms with E-state index in [2.05, 4.69) is 52.1 Å². The van der Waals surface area contributed by atoms with E-state index in [-0.39, 0.29) is 11.9 Å². The molecule has 3 heterocycles. The molecule has 4 heteroatoms. The van der Waals surface area contributed by atoms with Gasteiger partial charge in [-0.2, -0.15) is 0 Å². The van der Waals surface area contributed by atoms with Crippen LogP contribution in [0.4, 0.5) is 0 Å². The molecule has 0 saturated heterocycles. The van der Waals surface area contributed by atoms with Crippen LogP contribution in [0.25, 0.3) is 5.00 Å². The number of thiophene rings is 1. The lowest BCUT2D eigenvalue weighted by Gasteiger charge is -2.31. The zero-order valence-electron chi connectivity index (χ0n) is 18.0. The molecule has 2 aromatic heterocycles.